The van der Waals surface area contributed by atoms with Crippen LogP contribution in [-0.4, -0.2) is 29.9 Å². The minimum atomic E-state index is -4.39. The molecule has 2 aromatic heterocycles. The Kier molecular flexibility index (Phi) is 5.21. The highest BCUT2D eigenvalue weighted by molar-refractivity contribution is 7.98. The fourth-order valence-electron chi connectivity index (χ4n) is 1.99. The number of anilines is 1. The molecule has 0 fully saturated rings. The topological polar surface area (TPSA) is 51.2 Å². The van der Waals surface area contributed by atoms with Crippen molar-refractivity contribution in [2.24, 2.45) is 0 Å². The Balaban J connectivity index is 1.76. The fourth-order valence-corrected chi connectivity index (χ4v) is 4.53. The highest BCUT2D eigenvalue weighted by atomic mass is 32.2. The van der Waals surface area contributed by atoms with Gasteiger partial charge < -0.3 is 4.74 Å². The lowest BCUT2D eigenvalue weighted by atomic mass is 10.3. The standard InChI is InChI=1S/C15H11F3N2O2S3/c1-23-10-4-5-24-12(10)13(21)20-14-19-9-3-2-8(6-11(9)25-14)22-7-15(16,17)18/h2-6H,7H2,1H3,(H,19,20,21). The maximum absolute atomic E-state index is 12.3. The molecule has 1 amide bonds. The number of carbonyl (C=O) groups excluding carboxylic acids is 1. The van der Waals surface area contributed by atoms with Crippen molar-refractivity contribution in [1.82, 2.24) is 4.98 Å². The van der Waals surface area contributed by atoms with Crippen LogP contribution in [0.2, 0.25) is 0 Å². The van der Waals surface area contributed by atoms with Crippen LogP contribution in [-0.2, 0) is 0 Å². The number of thioether (sulfide) groups is 1. The van der Waals surface area contributed by atoms with Gasteiger partial charge in [-0.2, -0.15) is 13.2 Å². The summed E-state index contributed by atoms with van der Waals surface area (Å²) in [6.45, 7) is -1.35. The maximum Gasteiger partial charge on any atom is 0.422 e. The van der Waals surface area contributed by atoms with Gasteiger partial charge >= 0.3 is 6.18 Å². The molecule has 2 heterocycles. The third-order valence-electron chi connectivity index (χ3n) is 3.04. The van der Waals surface area contributed by atoms with Crippen molar-refractivity contribution in [3.8, 4) is 5.75 Å². The molecule has 3 rings (SSSR count). The summed E-state index contributed by atoms with van der Waals surface area (Å²) in [6.07, 6.45) is -2.50. The van der Waals surface area contributed by atoms with Crippen LogP contribution in [0.1, 0.15) is 9.67 Å². The number of hydrogen-bond acceptors (Lipinski definition) is 6. The summed E-state index contributed by atoms with van der Waals surface area (Å²) in [5, 5.41) is 4.95. The molecule has 0 saturated carbocycles. The summed E-state index contributed by atoms with van der Waals surface area (Å²) < 4.78 is 42.0. The minimum absolute atomic E-state index is 0.106. The highest BCUT2D eigenvalue weighted by Crippen LogP contribution is 2.31. The van der Waals surface area contributed by atoms with Crippen LogP contribution in [0.15, 0.2) is 34.5 Å². The van der Waals surface area contributed by atoms with Crippen LogP contribution in [0.3, 0.4) is 0 Å². The third kappa shape index (κ3) is 4.44. The predicted molar refractivity (Wildman–Crippen MR) is 95.2 cm³/mol. The van der Waals surface area contributed by atoms with E-state index in [0.717, 1.165) is 4.90 Å². The molecule has 0 aliphatic carbocycles. The first-order valence-electron chi connectivity index (χ1n) is 6.89. The van der Waals surface area contributed by atoms with E-state index in [9.17, 15) is 18.0 Å². The average molecular weight is 404 g/mol. The van der Waals surface area contributed by atoms with Gasteiger partial charge in [0.2, 0.25) is 0 Å². The van der Waals surface area contributed by atoms with Crippen molar-refractivity contribution >= 4 is 55.7 Å². The zero-order valence-corrected chi connectivity index (χ0v) is 15.2. The Labute approximate surface area is 153 Å². The van der Waals surface area contributed by atoms with Gasteiger partial charge in [0.05, 0.1) is 10.2 Å². The molecule has 0 saturated heterocycles. The van der Waals surface area contributed by atoms with E-state index in [0.29, 0.717) is 20.2 Å². The molecule has 0 atom stereocenters. The number of hydrogen-bond donors (Lipinski definition) is 1. The lowest BCUT2D eigenvalue weighted by molar-refractivity contribution is -0.153. The van der Waals surface area contributed by atoms with Crippen molar-refractivity contribution < 1.29 is 22.7 Å². The second-order valence-corrected chi connectivity index (χ2v) is 7.62. The summed E-state index contributed by atoms with van der Waals surface area (Å²) in [6, 6.07) is 6.33. The summed E-state index contributed by atoms with van der Waals surface area (Å²) >= 11 is 3.99. The van der Waals surface area contributed by atoms with Crippen LogP contribution in [0.5, 0.6) is 5.75 Å². The monoisotopic (exact) mass is 404 g/mol. The summed E-state index contributed by atoms with van der Waals surface area (Å²) in [4.78, 5) is 18.1. The molecule has 0 spiro atoms. The Morgan fingerprint density at radius 3 is 2.88 bits per heavy atom. The molecule has 3 aromatic rings. The van der Waals surface area contributed by atoms with Gasteiger partial charge in [-0.1, -0.05) is 11.3 Å². The van der Waals surface area contributed by atoms with Gasteiger partial charge in [0.1, 0.15) is 10.6 Å². The van der Waals surface area contributed by atoms with E-state index in [2.05, 4.69) is 10.3 Å². The number of nitrogens with one attached hydrogen (secondary N) is 1. The second-order valence-electron chi connectivity index (χ2n) is 4.82. The number of benzene rings is 1. The SMILES string of the molecule is CSc1ccsc1C(=O)Nc1nc2ccc(OCC(F)(F)F)cc2s1. The van der Waals surface area contributed by atoms with Crippen molar-refractivity contribution in [1.29, 1.82) is 0 Å². The molecule has 0 unspecified atom stereocenters. The van der Waals surface area contributed by atoms with E-state index >= 15 is 0 Å². The van der Waals surface area contributed by atoms with Gasteiger partial charge in [-0.05, 0) is 35.9 Å². The van der Waals surface area contributed by atoms with E-state index in [1.54, 1.807) is 6.07 Å². The largest absolute Gasteiger partial charge is 0.484 e. The van der Waals surface area contributed by atoms with E-state index < -0.39 is 12.8 Å². The highest BCUT2D eigenvalue weighted by Gasteiger charge is 2.28. The first kappa shape index (κ1) is 18.0. The smallest absolute Gasteiger partial charge is 0.422 e. The number of alkyl halides is 3. The average Bonchev–Trinajstić information content (AvgIpc) is 3.17. The second kappa shape index (κ2) is 7.22. The van der Waals surface area contributed by atoms with Gasteiger partial charge in [-0.3, -0.25) is 10.1 Å². The first-order valence-corrected chi connectivity index (χ1v) is 9.81. The molecule has 132 valence electrons. The number of rotatable bonds is 5. The van der Waals surface area contributed by atoms with Crippen molar-refractivity contribution in [3.63, 3.8) is 0 Å². The number of nitrogens with zero attached hydrogens (tertiary/aromatic N) is 1. The summed E-state index contributed by atoms with van der Waals surface area (Å²) in [7, 11) is 0. The molecule has 25 heavy (non-hydrogen) atoms. The lowest BCUT2D eigenvalue weighted by Gasteiger charge is -2.08. The van der Waals surface area contributed by atoms with Gasteiger partial charge in [0.15, 0.2) is 11.7 Å². The fraction of sp³-hybridized carbons (Fsp3) is 0.200. The van der Waals surface area contributed by atoms with Crippen LogP contribution >= 0.6 is 34.4 Å². The minimum Gasteiger partial charge on any atom is -0.484 e. The number of amides is 1. The summed E-state index contributed by atoms with van der Waals surface area (Å²) in [5.41, 5.74) is 0.580. The van der Waals surface area contributed by atoms with Gasteiger partial charge in [0.25, 0.3) is 5.91 Å². The Morgan fingerprint density at radius 2 is 2.16 bits per heavy atom. The van der Waals surface area contributed by atoms with Crippen LogP contribution < -0.4 is 10.1 Å². The maximum atomic E-state index is 12.3. The number of aromatic nitrogens is 1. The number of thiophene rings is 1. The van der Waals surface area contributed by atoms with Crippen LogP contribution in [0.25, 0.3) is 10.2 Å². The Morgan fingerprint density at radius 1 is 1.36 bits per heavy atom. The van der Waals surface area contributed by atoms with Crippen molar-refractivity contribution in [2.45, 2.75) is 11.1 Å². The lowest BCUT2D eigenvalue weighted by Crippen LogP contribution is -2.19. The van der Waals surface area contributed by atoms with Crippen molar-refractivity contribution in [3.05, 3.63) is 34.5 Å². The summed E-state index contributed by atoms with van der Waals surface area (Å²) in [5.74, 6) is -0.152. The zero-order chi connectivity index (χ0) is 18.0. The number of ether oxygens (including phenoxy) is 1. The van der Waals surface area contributed by atoms with Crippen LogP contribution in [0, 0.1) is 0 Å². The van der Waals surface area contributed by atoms with Crippen molar-refractivity contribution in [2.75, 3.05) is 18.2 Å². The first-order chi connectivity index (χ1) is 11.9. The predicted octanol–water partition coefficient (Wildman–Crippen LogP) is 5.27. The molecular weight excluding hydrogens is 393 g/mol. The molecule has 1 N–H and O–H groups in total. The molecule has 0 aliphatic rings. The van der Waals surface area contributed by atoms with E-state index in [4.69, 9.17) is 4.74 Å². The number of halogens is 3. The molecule has 4 nitrogen and oxygen atoms in total. The van der Waals surface area contributed by atoms with Gasteiger partial charge in [-0.15, -0.1) is 23.1 Å². The molecule has 0 aliphatic heterocycles. The Bertz CT molecular complexity index is 905. The molecule has 10 heteroatoms. The number of fused-ring (bicyclic) bond motifs is 1. The van der Waals surface area contributed by atoms with Crippen LogP contribution in [0.4, 0.5) is 18.3 Å². The quantitative estimate of drug-likeness (QED) is 0.589. The van der Waals surface area contributed by atoms with Gasteiger partial charge in [0, 0.05) is 4.90 Å². The number of carbonyl (C=O) groups is 1. The Hall–Kier alpha value is -1.78. The van der Waals surface area contributed by atoms with E-state index in [1.807, 2.05) is 17.7 Å². The third-order valence-corrected chi connectivity index (χ3v) is 5.79. The van der Waals surface area contributed by atoms with Gasteiger partial charge in [-0.25, -0.2) is 4.98 Å². The van der Waals surface area contributed by atoms with E-state index in [-0.39, 0.29) is 11.7 Å². The number of thiazole rings is 1. The molecule has 1 aromatic carbocycles. The zero-order valence-electron chi connectivity index (χ0n) is 12.7. The molecule has 0 radical (unpaired) electrons. The molecule has 0 bridgehead atoms. The van der Waals surface area contributed by atoms with E-state index in [1.165, 1.54) is 46.6 Å². The molecular formula is C15H11F3N2O2S3. The normalized spacial score (nSPS) is 11.7.